The molecule has 0 N–H and O–H groups in total. The lowest BCUT2D eigenvalue weighted by atomic mass is 10.5. The Bertz CT molecular complexity index is 313. The van der Waals surface area contributed by atoms with Crippen LogP contribution in [0, 0.1) is 0 Å². The van der Waals surface area contributed by atoms with Gasteiger partial charge in [-0.2, -0.15) is 11.8 Å². The highest BCUT2D eigenvalue weighted by atomic mass is 32.2. The van der Waals surface area contributed by atoms with Crippen molar-refractivity contribution in [3.05, 3.63) is 12.7 Å². The van der Waals surface area contributed by atoms with Gasteiger partial charge in [-0.25, -0.2) is 4.79 Å². The minimum absolute atomic E-state index is 0.224. The van der Waals surface area contributed by atoms with Crippen molar-refractivity contribution in [3.63, 3.8) is 0 Å². The van der Waals surface area contributed by atoms with Crippen LogP contribution in [0.3, 0.4) is 0 Å². The zero-order valence-electron chi connectivity index (χ0n) is 15.3. The summed E-state index contributed by atoms with van der Waals surface area (Å²) in [4.78, 5) is 13.2. The summed E-state index contributed by atoms with van der Waals surface area (Å²) in [5, 5.41) is 0. The molecule has 0 rings (SSSR count). The standard InChI is InChI=1S/C17H33NO5S/c1-5-17(19)23-12-10-20-9-11-21-16(4)22-13-15-24-14-8-18(6-2)7-3/h5,16H,1,6-15H2,2-4H3. The van der Waals surface area contributed by atoms with Gasteiger partial charge in [0.25, 0.3) is 0 Å². The van der Waals surface area contributed by atoms with E-state index < -0.39 is 5.97 Å². The average molecular weight is 364 g/mol. The van der Waals surface area contributed by atoms with Gasteiger partial charge in [0.05, 0.1) is 26.4 Å². The number of hydrogen-bond donors (Lipinski definition) is 0. The normalized spacial score (nSPS) is 12.3. The van der Waals surface area contributed by atoms with E-state index in [9.17, 15) is 4.79 Å². The highest BCUT2D eigenvalue weighted by molar-refractivity contribution is 7.99. The highest BCUT2D eigenvalue weighted by Crippen LogP contribution is 2.03. The molecule has 1 atom stereocenters. The maximum absolute atomic E-state index is 10.8. The van der Waals surface area contributed by atoms with Crippen molar-refractivity contribution in [1.82, 2.24) is 4.90 Å². The Morgan fingerprint density at radius 1 is 1.08 bits per heavy atom. The molecule has 7 heteroatoms. The Morgan fingerprint density at radius 2 is 1.75 bits per heavy atom. The average Bonchev–Trinajstić information content (AvgIpc) is 2.60. The molecule has 24 heavy (non-hydrogen) atoms. The Balaban J connectivity index is 3.31. The zero-order chi connectivity index (χ0) is 18.0. The van der Waals surface area contributed by atoms with E-state index in [1.54, 1.807) is 0 Å². The molecule has 0 fully saturated rings. The molecule has 0 saturated carbocycles. The van der Waals surface area contributed by atoms with E-state index in [4.69, 9.17) is 18.9 Å². The first-order valence-corrected chi connectivity index (χ1v) is 9.69. The van der Waals surface area contributed by atoms with Crippen LogP contribution in [0.15, 0.2) is 12.7 Å². The number of ether oxygens (including phenoxy) is 4. The summed E-state index contributed by atoms with van der Waals surface area (Å²) in [5.74, 6) is 1.66. The molecule has 0 bridgehead atoms. The first-order chi connectivity index (χ1) is 11.6. The SMILES string of the molecule is C=CC(=O)OCCOCCOC(C)OCCSCCN(CC)CC. The lowest BCUT2D eigenvalue weighted by Gasteiger charge is -2.17. The van der Waals surface area contributed by atoms with Gasteiger partial charge in [0, 0.05) is 24.1 Å². The Labute approximate surface area is 150 Å². The second kappa shape index (κ2) is 17.2. The molecule has 0 heterocycles. The molecule has 0 amide bonds. The highest BCUT2D eigenvalue weighted by Gasteiger charge is 2.03. The van der Waals surface area contributed by atoms with Crippen LogP contribution < -0.4 is 0 Å². The molecule has 6 nitrogen and oxygen atoms in total. The van der Waals surface area contributed by atoms with Crippen molar-refractivity contribution in [1.29, 1.82) is 0 Å². The molecular formula is C17H33NO5S. The van der Waals surface area contributed by atoms with E-state index in [0.717, 1.165) is 37.2 Å². The van der Waals surface area contributed by atoms with Crippen molar-refractivity contribution >= 4 is 17.7 Å². The van der Waals surface area contributed by atoms with Crippen LogP contribution in [0.4, 0.5) is 0 Å². The van der Waals surface area contributed by atoms with Gasteiger partial charge in [0.2, 0.25) is 0 Å². The summed E-state index contributed by atoms with van der Waals surface area (Å²) >= 11 is 1.90. The van der Waals surface area contributed by atoms with Crippen LogP contribution in [-0.2, 0) is 23.7 Å². The van der Waals surface area contributed by atoms with Gasteiger partial charge >= 0.3 is 5.97 Å². The third-order valence-corrected chi connectivity index (χ3v) is 4.17. The Hall–Kier alpha value is -0.600. The molecule has 0 spiro atoms. The molecule has 0 radical (unpaired) electrons. The van der Waals surface area contributed by atoms with Crippen LogP contribution in [-0.4, -0.2) is 81.3 Å². The molecule has 0 aromatic rings. The number of carbonyl (C=O) groups is 1. The van der Waals surface area contributed by atoms with Gasteiger partial charge in [-0.05, 0) is 20.0 Å². The predicted molar refractivity (Wildman–Crippen MR) is 98.5 cm³/mol. The quantitative estimate of drug-likeness (QED) is 0.170. The summed E-state index contributed by atoms with van der Waals surface area (Å²) in [6, 6.07) is 0. The zero-order valence-corrected chi connectivity index (χ0v) is 16.1. The molecular weight excluding hydrogens is 330 g/mol. The van der Waals surface area contributed by atoms with Gasteiger partial charge < -0.3 is 23.8 Å². The number of thioether (sulfide) groups is 1. The minimum atomic E-state index is -0.438. The van der Waals surface area contributed by atoms with Crippen LogP contribution in [0.2, 0.25) is 0 Å². The first kappa shape index (κ1) is 23.4. The van der Waals surface area contributed by atoms with Crippen molar-refractivity contribution < 1.29 is 23.7 Å². The van der Waals surface area contributed by atoms with E-state index in [1.807, 2.05) is 18.7 Å². The summed E-state index contributed by atoms with van der Waals surface area (Å²) < 4.78 is 21.1. The third kappa shape index (κ3) is 15.0. The van der Waals surface area contributed by atoms with Gasteiger partial charge in [-0.15, -0.1) is 0 Å². The fourth-order valence-corrected chi connectivity index (χ4v) is 2.60. The van der Waals surface area contributed by atoms with Crippen molar-refractivity contribution in [2.45, 2.75) is 27.1 Å². The number of esters is 1. The first-order valence-electron chi connectivity index (χ1n) is 8.54. The molecule has 142 valence electrons. The smallest absolute Gasteiger partial charge is 0.330 e. The molecule has 0 aliphatic carbocycles. The summed E-state index contributed by atoms with van der Waals surface area (Å²) in [7, 11) is 0. The van der Waals surface area contributed by atoms with Gasteiger partial charge in [0.1, 0.15) is 6.61 Å². The number of carbonyl (C=O) groups excluding carboxylic acids is 1. The van der Waals surface area contributed by atoms with Crippen LogP contribution in [0.5, 0.6) is 0 Å². The second-order valence-electron chi connectivity index (χ2n) is 4.93. The maximum Gasteiger partial charge on any atom is 0.330 e. The van der Waals surface area contributed by atoms with Crippen LogP contribution >= 0.6 is 11.8 Å². The van der Waals surface area contributed by atoms with E-state index in [-0.39, 0.29) is 12.9 Å². The molecule has 0 aromatic carbocycles. The topological polar surface area (TPSA) is 57.2 Å². The largest absolute Gasteiger partial charge is 0.460 e. The van der Waals surface area contributed by atoms with Crippen LogP contribution in [0.25, 0.3) is 0 Å². The fraction of sp³-hybridized carbons (Fsp3) is 0.824. The van der Waals surface area contributed by atoms with Crippen molar-refractivity contribution in [2.75, 3.05) is 64.2 Å². The van der Waals surface area contributed by atoms with Crippen molar-refractivity contribution in [3.8, 4) is 0 Å². The summed E-state index contributed by atoms with van der Waals surface area (Å²) in [6.07, 6.45) is 0.889. The maximum atomic E-state index is 10.8. The Morgan fingerprint density at radius 3 is 2.42 bits per heavy atom. The fourth-order valence-electron chi connectivity index (χ4n) is 1.79. The molecule has 0 aliphatic heterocycles. The van der Waals surface area contributed by atoms with E-state index in [0.29, 0.717) is 26.4 Å². The summed E-state index contributed by atoms with van der Waals surface area (Å²) in [5.41, 5.74) is 0. The number of rotatable bonds is 17. The predicted octanol–water partition coefficient (Wildman–Crippen LogP) is 2.19. The van der Waals surface area contributed by atoms with E-state index in [1.165, 1.54) is 0 Å². The van der Waals surface area contributed by atoms with Gasteiger partial charge in [0.15, 0.2) is 6.29 Å². The van der Waals surface area contributed by atoms with Crippen LogP contribution in [0.1, 0.15) is 20.8 Å². The van der Waals surface area contributed by atoms with Gasteiger partial charge in [-0.3, -0.25) is 0 Å². The molecule has 0 saturated heterocycles. The van der Waals surface area contributed by atoms with Crippen molar-refractivity contribution in [2.24, 2.45) is 0 Å². The minimum Gasteiger partial charge on any atom is -0.460 e. The van der Waals surface area contributed by atoms with E-state index >= 15 is 0 Å². The van der Waals surface area contributed by atoms with E-state index in [2.05, 4.69) is 25.3 Å². The number of hydrogen-bond acceptors (Lipinski definition) is 7. The third-order valence-electron chi connectivity index (χ3n) is 3.25. The molecule has 0 aromatic heterocycles. The van der Waals surface area contributed by atoms with Gasteiger partial charge in [-0.1, -0.05) is 20.4 Å². The lowest BCUT2D eigenvalue weighted by molar-refractivity contribution is -0.142. The summed E-state index contributed by atoms with van der Waals surface area (Å²) in [6.45, 7) is 15.1. The molecule has 0 aliphatic rings. The lowest BCUT2D eigenvalue weighted by Crippen LogP contribution is -2.25. The Kier molecular flexibility index (Phi) is 16.8. The number of nitrogens with zero attached hydrogens (tertiary/aromatic N) is 1. The second-order valence-corrected chi connectivity index (χ2v) is 6.16. The monoisotopic (exact) mass is 363 g/mol. The molecule has 1 unspecified atom stereocenters.